The van der Waals surface area contributed by atoms with E-state index in [-0.39, 0.29) is 5.91 Å². The van der Waals surface area contributed by atoms with Gasteiger partial charge in [-0.25, -0.2) is 8.61 Å². The summed E-state index contributed by atoms with van der Waals surface area (Å²) in [7, 11) is 0. The SMILES string of the molecule is Clc1cc(Cl)c(SOSc2c(Cl)cc(Cl)cc2Cl)c(Cl)c1.O=C(Cn1ccnc1)NCCS. The zero-order valence-corrected chi connectivity index (χ0v) is 23.5. The molecule has 0 fully saturated rings. The Kier molecular flexibility index (Phi) is 13.3. The minimum atomic E-state index is -0.0120. The summed E-state index contributed by atoms with van der Waals surface area (Å²) in [5.41, 5.74) is 0. The molecule has 1 heterocycles. The number of hydrogen-bond acceptors (Lipinski definition) is 6. The number of carbonyl (C=O) groups is 1. The Morgan fingerprint density at radius 1 is 0.939 bits per heavy atom. The van der Waals surface area contributed by atoms with Gasteiger partial charge in [0.2, 0.25) is 5.91 Å². The van der Waals surface area contributed by atoms with Crippen molar-refractivity contribution in [2.45, 2.75) is 16.3 Å². The van der Waals surface area contributed by atoms with E-state index >= 15 is 0 Å². The Balaban J connectivity index is 0.000000273. The number of rotatable bonds is 8. The fraction of sp³-hybridized carbons (Fsp3) is 0.158. The van der Waals surface area contributed by atoms with E-state index in [4.69, 9.17) is 73.2 Å². The minimum absolute atomic E-state index is 0.0120. The van der Waals surface area contributed by atoms with Crippen LogP contribution in [0.5, 0.6) is 0 Å². The van der Waals surface area contributed by atoms with Crippen LogP contribution in [0, 0.1) is 0 Å². The Labute approximate surface area is 235 Å². The van der Waals surface area contributed by atoms with Gasteiger partial charge in [0.15, 0.2) is 0 Å². The molecule has 3 rings (SSSR count). The fourth-order valence-electron chi connectivity index (χ4n) is 2.10. The van der Waals surface area contributed by atoms with Gasteiger partial charge in [-0.2, -0.15) is 12.6 Å². The molecular formula is C19H15Cl6N3O2S3. The number of hydrogen-bond donors (Lipinski definition) is 2. The number of aromatic nitrogens is 2. The minimum Gasteiger partial charge on any atom is -0.354 e. The number of benzene rings is 2. The molecule has 178 valence electrons. The lowest BCUT2D eigenvalue weighted by Crippen LogP contribution is -2.28. The van der Waals surface area contributed by atoms with Crippen molar-refractivity contribution in [3.63, 3.8) is 0 Å². The number of thiol groups is 1. The zero-order chi connectivity index (χ0) is 24.4. The molecule has 1 aromatic heterocycles. The van der Waals surface area contributed by atoms with E-state index in [9.17, 15) is 4.79 Å². The molecule has 0 saturated carbocycles. The number of imidazole rings is 1. The summed E-state index contributed by atoms with van der Waals surface area (Å²) in [6.45, 7) is 0.935. The molecule has 0 unspecified atom stereocenters. The quantitative estimate of drug-likeness (QED) is 0.195. The summed E-state index contributed by atoms with van der Waals surface area (Å²) in [4.78, 5) is 16.0. The normalized spacial score (nSPS) is 10.5. The van der Waals surface area contributed by atoms with E-state index in [0.29, 0.717) is 58.8 Å². The van der Waals surface area contributed by atoms with Crippen LogP contribution in [-0.2, 0) is 15.0 Å². The summed E-state index contributed by atoms with van der Waals surface area (Å²) < 4.78 is 7.13. The molecule has 0 aliphatic heterocycles. The highest BCUT2D eigenvalue weighted by atomic mass is 35.5. The first-order chi connectivity index (χ1) is 15.7. The molecule has 0 aliphatic carbocycles. The molecular weight excluding hydrogens is 611 g/mol. The van der Waals surface area contributed by atoms with E-state index in [1.54, 1.807) is 47.6 Å². The van der Waals surface area contributed by atoms with Gasteiger partial charge in [0.05, 0.1) is 36.2 Å². The predicted octanol–water partition coefficient (Wildman–Crippen LogP) is 8.27. The molecule has 0 saturated heterocycles. The molecule has 33 heavy (non-hydrogen) atoms. The molecule has 0 aliphatic rings. The van der Waals surface area contributed by atoms with Gasteiger partial charge in [0.1, 0.15) is 6.54 Å². The predicted molar refractivity (Wildman–Crippen MR) is 145 cm³/mol. The topological polar surface area (TPSA) is 56.2 Å². The Hall–Kier alpha value is -0.130. The van der Waals surface area contributed by atoms with Gasteiger partial charge in [-0.1, -0.05) is 69.6 Å². The van der Waals surface area contributed by atoms with Crippen molar-refractivity contribution in [3.8, 4) is 0 Å². The second-order valence-electron chi connectivity index (χ2n) is 5.94. The summed E-state index contributed by atoms with van der Waals surface area (Å²) >= 11 is 41.8. The maximum absolute atomic E-state index is 11.1. The maximum atomic E-state index is 11.1. The molecule has 1 amide bonds. The lowest BCUT2D eigenvalue weighted by Gasteiger charge is -2.08. The molecule has 0 spiro atoms. The lowest BCUT2D eigenvalue weighted by molar-refractivity contribution is -0.121. The Bertz CT molecular complexity index is 969. The molecule has 14 heteroatoms. The van der Waals surface area contributed by atoms with Gasteiger partial charge in [-0.05, 0) is 24.3 Å². The Morgan fingerprint density at radius 2 is 1.42 bits per heavy atom. The summed E-state index contributed by atoms with van der Waals surface area (Å²) in [6.07, 6.45) is 5.01. The van der Waals surface area contributed by atoms with Crippen LogP contribution >= 0.6 is 106 Å². The van der Waals surface area contributed by atoms with Crippen LogP contribution in [0.4, 0.5) is 0 Å². The molecule has 3 aromatic rings. The highest BCUT2D eigenvalue weighted by Gasteiger charge is 2.13. The van der Waals surface area contributed by atoms with Crippen molar-refractivity contribution in [2.24, 2.45) is 0 Å². The van der Waals surface area contributed by atoms with Crippen LogP contribution in [0.15, 0.2) is 52.8 Å². The number of nitrogens with zero attached hydrogens (tertiary/aromatic N) is 2. The smallest absolute Gasteiger partial charge is 0.240 e. The van der Waals surface area contributed by atoms with E-state index in [1.165, 1.54) is 0 Å². The molecule has 2 aromatic carbocycles. The molecule has 0 radical (unpaired) electrons. The van der Waals surface area contributed by atoms with E-state index < -0.39 is 0 Å². The monoisotopic (exact) mass is 623 g/mol. The zero-order valence-electron chi connectivity index (χ0n) is 16.4. The third-order valence-corrected chi connectivity index (χ3v) is 7.54. The van der Waals surface area contributed by atoms with Crippen LogP contribution in [0.3, 0.4) is 0 Å². The third-order valence-electron chi connectivity index (χ3n) is 3.48. The third kappa shape index (κ3) is 10.2. The van der Waals surface area contributed by atoms with Gasteiger partial charge < -0.3 is 9.88 Å². The lowest BCUT2D eigenvalue weighted by atomic mass is 10.4. The Morgan fingerprint density at radius 3 is 1.82 bits per heavy atom. The van der Waals surface area contributed by atoms with Gasteiger partial charge in [-0.15, -0.1) is 0 Å². The van der Waals surface area contributed by atoms with Gasteiger partial charge in [0.25, 0.3) is 0 Å². The van der Waals surface area contributed by atoms with Gasteiger partial charge in [-0.3, -0.25) is 4.79 Å². The maximum Gasteiger partial charge on any atom is 0.240 e. The van der Waals surface area contributed by atoms with Crippen molar-refractivity contribution in [2.75, 3.05) is 12.3 Å². The molecule has 5 nitrogen and oxygen atoms in total. The average Bonchev–Trinajstić information content (AvgIpc) is 3.23. The fourth-order valence-corrected chi connectivity index (χ4v) is 5.46. The summed E-state index contributed by atoms with van der Waals surface area (Å²) in [5, 5.41) is 5.19. The van der Waals surface area contributed by atoms with Crippen LogP contribution < -0.4 is 5.32 Å². The number of amides is 1. The standard InChI is InChI=1S/C12H4Cl6OS2.C7H11N3OS/c13-5-1-7(15)11(8(16)2-5)20-19-21-12-9(17)3-6(14)4-10(12)18;11-7(9-2-4-12)5-10-3-1-8-6-10/h1-4H;1,3,6,12H,2,4-5H2,(H,9,11). The van der Waals surface area contributed by atoms with Crippen LogP contribution in [-0.4, -0.2) is 27.8 Å². The van der Waals surface area contributed by atoms with E-state index in [2.05, 4.69) is 22.9 Å². The molecule has 0 bridgehead atoms. The second-order valence-corrected chi connectivity index (χ2v) is 10.6. The second kappa shape index (κ2) is 15.1. The van der Waals surface area contributed by atoms with Gasteiger partial charge in [0, 0.05) is 58.8 Å². The van der Waals surface area contributed by atoms with Crippen LogP contribution in [0.1, 0.15) is 0 Å². The number of nitrogens with one attached hydrogen (secondary N) is 1. The highest BCUT2D eigenvalue weighted by molar-refractivity contribution is 8.08. The van der Waals surface area contributed by atoms with Crippen molar-refractivity contribution in [3.05, 3.63) is 73.1 Å². The molecule has 1 N–H and O–H groups in total. The molecule has 0 atom stereocenters. The van der Waals surface area contributed by atoms with Crippen LogP contribution in [0.25, 0.3) is 0 Å². The average molecular weight is 626 g/mol. The van der Waals surface area contributed by atoms with E-state index in [1.807, 2.05) is 0 Å². The van der Waals surface area contributed by atoms with Crippen molar-refractivity contribution < 1.29 is 8.42 Å². The largest absolute Gasteiger partial charge is 0.354 e. The van der Waals surface area contributed by atoms with Crippen molar-refractivity contribution >= 4 is 112 Å². The number of carbonyl (C=O) groups excluding carboxylic acids is 1. The first-order valence-electron chi connectivity index (χ1n) is 8.84. The first-order valence-corrected chi connectivity index (χ1v) is 13.2. The van der Waals surface area contributed by atoms with Crippen LogP contribution in [0.2, 0.25) is 30.1 Å². The highest BCUT2D eigenvalue weighted by Crippen LogP contribution is 2.43. The summed E-state index contributed by atoms with van der Waals surface area (Å²) in [6, 6.07) is 6.31. The summed E-state index contributed by atoms with van der Waals surface area (Å²) in [5.74, 6) is 0.650. The first kappa shape index (κ1) is 29.1. The van der Waals surface area contributed by atoms with Gasteiger partial charge >= 0.3 is 0 Å². The van der Waals surface area contributed by atoms with E-state index in [0.717, 1.165) is 24.1 Å². The van der Waals surface area contributed by atoms with Crippen molar-refractivity contribution in [1.29, 1.82) is 0 Å². The van der Waals surface area contributed by atoms with Crippen molar-refractivity contribution in [1.82, 2.24) is 14.9 Å². The number of halogens is 6.